The predicted molar refractivity (Wildman–Crippen MR) is 65.4 cm³/mol. The Morgan fingerprint density at radius 2 is 2.18 bits per heavy atom. The summed E-state index contributed by atoms with van der Waals surface area (Å²) in [6.07, 6.45) is 5.74. The number of Topliss-reactive ketones (excluding diaryl/α,β-unsaturated/α-hetero) is 1. The van der Waals surface area contributed by atoms with Crippen LogP contribution < -0.4 is 5.73 Å². The fourth-order valence-corrected chi connectivity index (χ4v) is 2.99. The number of hydrogen-bond acceptors (Lipinski definition) is 3. The van der Waals surface area contributed by atoms with E-state index < -0.39 is 5.41 Å². The minimum Gasteiger partial charge on any atom is -0.369 e. The van der Waals surface area contributed by atoms with Crippen LogP contribution in [0.4, 0.5) is 0 Å². The molecule has 1 saturated heterocycles. The molecule has 1 saturated carbocycles. The molecule has 1 aliphatic carbocycles. The number of nitrogens with zero attached hydrogens (tertiary/aromatic N) is 1. The molecule has 0 aromatic heterocycles. The SMILES string of the molecule is CC1(C(N)=O)CCN(C2CCCCCC2=O)C1. The predicted octanol–water partition coefficient (Wildman–Crippen LogP) is 1.09. The van der Waals surface area contributed by atoms with Gasteiger partial charge < -0.3 is 5.73 Å². The van der Waals surface area contributed by atoms with Gasteiger partial charge in [-0.3, -0.25) is 14.5 Å². The Morgan fingerprint density at radius 1 is 1.41 bits per heavy atom. The average Bonchev–Trinajstić information content (AvgIpc) is 2.54. The standard InChI is InChI=1S/C13H22N2O2/c1-13(12(14)17)7-8-15(9-13)10-5-3-2-4-6-11(10)16/h10H,2-9H2,1H3,(H2,14,17). The van der Waals surface area contributed by atoms with Gasteiger partial charge in [-0.25, -0.2) is 0 Å². The van der Waals surface area contributed by atoms with E-state index in [0.717, 1.165) is 38.6 Å². The molecule has 0 spiro atoms. The maximum Gasteiger partial charge on any atom is 0.224 e. The summed E-state index contributed by atoms with van der Waals surface area (Å²) >= 11 is 0. The number of carbonyl (C=O) groups is 2. The van der Waals surface area contributed by atoms with Gasteiger partial charge in [0.15, 0.2) is 0 Å². The molecule has 0 aromatic carbocycles. The van der Waals surface area contributed by atoms with Gasteiger partial charge in [0.05, 0.1) is 11.5 Å². The summed E-state index contributed by atoms with van der Waals surface area (Å²) < 4.78 is 0. The van der Waals surface area contributed by atoms with E-state index in [9.17, 15) is 9.59 Å². The molecule has 17 heavy (non-hydrogen) atoms. The molecule has 1 amide bonds. The van der Waals surface area contributed by atoms with Crippen molar-refractivity contribution in [3.05, 3.63) is 0 Å². The van der Waals surface area contributed by atoms with Gasteiger partial charge in [0.2, 0.25) is 5.91 Å². The van der Waals surface area contributed by atoms with Crippen LogP contribution in [0.2, 0.25) is 0 Å². The van der Waals surface area contributed by atoms with Gasteiger partial charge in [-0.2, -0.15) is 0 Å². The van der Waals surface area contributed by atoms with Gasteiger partial charge >= 0.3 is 0 Å². The largest absolute Gasteiger partial charge is 0.369 e. The summed E-state index contributed by atoms with van der Waals surface area (Å²) in [5.74, 6) is 0.122. The zero-order valence-corrected chi connectivity index (χ0v) is 10.6. The molecule has 2 N–H and O–H groups in total. The second-order valence-electron chi connectivity index (χ2n) is 5.73. The zero-order valence-electron chi connectivity index (χ0n) is 10.6. The van der Waals surface area contributed by atoms with Gasteiger partial charge in [-0.15, -0.1) is 0 Å². The maximum atomic E-state index is 12.0. The number of hydrogen-bond donors (Lipinski definition) is 1. The molecule has 2 aliphatic rings. The Morgan fingerprint density at radius 3 is 2.82 bits per heavy atom. The highest BCUT2D eigenvalue weighted by Crippen LogP contribution is 2.33. The minimum atomic E-state index is -0.438. The topological polar surface area (TPSA) is 63.4 Å². The molecule has 2 atom stereocenters. The second-order valence-corrected chi connectivity index (χ2v) is 5.73. The van der Waals surface area contributed by atoms with E-state index in [4.69, 9.17) is 5.73 Å². The van der Waals surface area contributed by atoms with Gasteiger partial charge in [-0.1, -0.05) is 12.8 Å². The number of ketones is 1. The van der Waals surface area contributed by atoms with Crippen LogP contribution >= 0.6 is 0 Å². The van der Waals surface area contributed by atoms with Crippen molar-refractivity contribution in [3.8, 4) is 0 Å². The third-order valence-corrected chi connectivity index (χ3v) is 4.31. The van der Waals surface area contributed by atoms with Gasteiger partial charge in [0.25, 0.3) is 0 Å². The number of amides is 1. The molecule has 1 heterocycles. The number of carbonyl (C=O) groups excluding carboxylic acids is 2. The molecule has 0 radical (unpaired) electrons. The van der Waals surface area contributed by atoms with E-state index in [1.54, 1.807) is 0 Å². The van der Waals surface area contributed by atoms with Crippen LogP contribution in [0.15, 0.2) is 0 Å². The average molecular weight is 238 g/mol. The summed E-state index contributed by atoms with van der Waals surface area (Å²) in [5.41, 5.74) is 5.00. The van der Waals surface area contributed by atoms with Crippen molar-refractivity contribution in [1.29, 1.82) is 0 Å². The number of rotatable bonds is 2. The Labute approximate surface area is 103 Å². The fourth-order valence-electron chi connectivity index (χ4n) is 2.99. The highest BCUT2D eigenvalue weighted by molar-refractivity contribution is 5.85. The lowest BCUT2D eigenvalue weighted by atomic mass is 9.89. The lowest BCUT2D eigenvalue weighted by molar-refractivity contribution is -0.128. The molecule has 4 heteroatoms. The highest BCUT2D eigenvalue weighted by Gasteiger charge is 2.42. The first-order chi connectivity index (χ1) is 8.03. The van der Waals surface area contributed by atoms with Crippen molar-refractivity contribution in [2.75, 3.05) is 13.1 Å². The molecule has 1 aliphatic heterocycles. The van der Waals surface area contributed by atoms with Crippen LogP contribution in [0.1, 0.15) is 45.4 Å². The number of nitrogens with two attached hydrogens (primary N) is 1. The first-order valence-corrected chi connectivity index (χ1v) is 6.60. The Hall–Kier alpha value is -0.900. The summed E-state index contributed by atoms with van der Waals surface area (Å²) in [7, 11) is 0. The monoisotopic (exact) mass is 238 g/mol. The summed E-state index contributed by atoms with van der Waals surface area (Å²) in [4.78, 5) is 25.6. The third kappa shape index (κ3) is 2.51. The normalized spacial score (nSPS) is 35.8. The Bertz CT molecular complexity index is 329. The van der Waals surface area contributed by atoms with Crippen LogP contribution in [-0.2, 0) is 9.59 Å². The molecular formula is C13H22N2O2. The van der Waals surface area contributed by atoms with Crippen molar-refractivity contribution < 1.29 is 9.59 Å². The van der Waals surface area contributed by atoms with E-state index >= 15 is 0 Å². The summed E-state index contributed by atoms with van der Waals surface area (Å²) in [6, 6.07) is 0.0404. The maximum absolute atomic E-state index is 12.0. The second kappa shape index (κ2) is 4.77. The summed E-state index contributed by atoms with van der Waals surface area (Å²) in [5, 5.41) is 0. The third-order valence-electron chi connectivity index (χ3n) is 4.31. The van der Waals surface area contributed by atoms with E-state index in [2.05, 4.69) is 4.90 Å². The molecule has 96 valence electrons. The Balaban J connectivity index is 2.04. The van der Waals surface area contributed by atoms with E-state index in [1.807, 2.05) is 6.92 Å². The van der Waals surface area contributed by atoms with Crippen LogP contribution in [0.3, 0.4) is 0 Å². The van der Waals surface area contributed by atoms with Gasteiger partial charge in [-0.05, 0) is 32.7 Å². The number of likely N-dealkylation sites (tertiary alicyclic amines) is 1. The molecule has 4 nitrogen and oxygen atoms in total. The van der Waals surface area contributed by atoms with Crippen molar-refractivity contribution in [3.63, 3.8) is 0 Å². The summed E-state index contributed by atoms with van der Waals surface area (Å²) in [6.45, 7) is 3.39. The van der Waals surface area contributed by atoms with Crippen LogP contribution in [0.25, 0.3) is 0 Å². The molecule has 2 rings (SSSR count). The molecule has 0 bridgehead atoms. The molecule has 2 unspecified atom stereocenters. The lowest BCUT2D eigenvalue weighted by Gasteiger charge is -2.27. The van der Waals surface area contributed by atoms with Crippen molar-refractivity contribution >= 4 is 11.7 Å². The first-order valence-electron chi connectivity index (χ1n) is 6.60. The van der Waals surface area contributed by atoms with Crippen molar-refractivity contribution in [2.45, 2.75) is 51.5 Å². The van der Waals surface area contributed by atoms with E-state index in [-0.39, 0.29) is 11.9 Å². The first kappa shape index (κ1) is 12.6. The van der Waals surface area contributed by atoms with Crippen LogP contribution in [0, 0.1) is 5.41 Å². The zero-order chi connectivity index (χ0) is 12.5. The number of primary amides is 1. The Kier molecular flexibility index (Phi) is 3.52. The quantitative estimate of drug-likeness (QED) is 0.732. The fraction of sp³-hybridized carbons (Fsp3) is 0.846. The minimum absolute atomic E-state index is 0.0404. The lowest BCUT2D eigenvalue weighted by Crippen LogP contribution is -2.43. The highest BCUT2D eigenvalue weighted by atomic mass is 16.1. The molecular weight excluding hydrogens is 216 g/mol. The van der Waals surface area contributed by atoms with Crippen LogP contribution in [-0.4, -0.2) is 35.7 Å². The van der Waals surface area contributed by atoms with E-state index in [1.165, 1.54) is 0 Å². The smallest absolute Gasteiger partial charge is 0.224 e. The molecule has 0 aromatic rings. The van der Waals surface area contributed by atoms with Crippen molar-refractivity contribution in [1.82, 2.24) is 4.90 Å². The van der Waals surface area contributed by atoms with Gasteiger partial charge in [0, 0.05) is 13.0 Å². The van der Waals surface area contributed by atoms with Crippen molar-refractivity contribution in [2.24, 2.45) is 11.1 Å². The molecule has 2 fully saturated rings. The van der Waals surface area contributed by atoms with Crippen LogP contribution in [0.5, 0.6) is 0 Å². The van der Waals surface area contributed by atoms with E-state index in [0.29, 0.717) is 18.7 Å². The van der Waals surface area contributed by atoms with Gasteiger partial charge in [0.1, 0.15) is 5.78 Å².